The van der Waals surface area contributed by atoms with Crippen LogP contribution in [0.25, 0.3) is 0 Å². The highest BCUT2D eigenvalue weighted by Crippen LogP contribution is 2.32. The van der Waals surface area contributed by atoms with Crippen molar-refractivity contribution in [2.45, 2.75) is 11.0 Å². The zero-order valence-electron chi connectivity index (χ0n) is 23.5. The maximum atomic E-state index is 13.7. The quantitative estimate of drug-likeness (QED) is 0.0739. The van der Waals surface area contributed by atoms with Gasteiger partial charge in [0, 0.05) is 57.9 Å². The van der Waals surface area contributed by atoms with E-state index in [0.717, 1.165) is 28.9 Å². The summed E-state index contributed by atoms with van der Waals surface area (Å²) in [5.41, 5.74) is -0.542. The summed E-state index contributed by atoms with van der Waals surface area (Å²) in [4.78, 5) is 13.3. The number of benzene rings is 1. The number of anilines is 1. The van der Waals surface area contributed by atoms with Crippen molar-refractivity contribution in [2.75, 3.05) is 89.3 Å². The van der Waals surface area contributed by atoms with Crippen molar-refractivity contribution >= 4 is 51.8 Å². The van der Waals surface area contributed by atoms with E-state index in [1.54, 1.807) is 4.90 Å². The van der Waals surface area contributed by atoms with Gasteiger partial charge in [0.2, 0.25) is 10.0 Å². The van der Waals surface area contributed by atoms with E-state index in [1.807, 2.05) is 0 Å². The van der Waals surface area contributed by atoms with Crippen LogP contribution in [0.4, 0.5) is 11.4 Å². The summed E-state index contributed by atoms with van der Waals surface area (Å²) in [6.07, 6.45) is 1.38. The van der Waals surface area contributed by atoms with Gasteiger partial charge in [0.25, 0.3) is 36.0 Å². The lowest BCUT2D eigenvalue weighted by Crippen LogP contribution is -2.50. The van der Waals surface area contributed by atoms with Crippen molar-refractivity contribution in [1.29, 1.82) is 0 Å². The Morgan fingerprint density at radius 2 is 1.40 bits per heavy atom. The summed E-state index contributed by atoms with van der Waals surface area (Å²) < 4.78 is 109. The molecule has 23 heteroatoms. The van der Waals surface area contributed by atoms with Crippen LogP contribution in [-0.4, -0.2) is 153 Å². The third-order valence-electron chi connectivity index (χ3n) is 5.44. The SMILES string of the molecule is CS(=O)(=O)O.CS(=O)(=O)OCCN(CCOS(C)(=O)=O)c1ccc([N+](=O)[O-])cc1S(=O)(=O)N1CCN(CC(O)CO)CC1. The lowest BCUT2D eigenvalue weighted by atomic mass is 10.2. The molecule has 250 valence electrons. The number of aliphatic hydroxyl groups excluding tert-OH is 2. The van der Waals surface area contributed by atoms with Crippen molar-refractivity contribution in [3.05, 3.63) is 28.3 Å². The zero-order chi connectivity index (χ0) is 33.2. The van der Waals surface area contributed by atoms with Crippen LogP contribution in [0.5, 0.6) is 0 Å². The van der Waals surface area contributed by atoms with Gasteiger partial charge in [-0.1, -0.05) is 0 Å². The maximum absolute atomic E-state index is 13.7. The molecule has 1 aliphatic rings. The highest BCUT2D eigenvalue weighted by Gasteiger charge is 2.33. The Kier molecular flexibility index (Phi) is 14.8. The number of hydrogen-bond donors (Lipinski definition) is 3. The first-order chi connectivity index (χ1) is 19.5. The second-order valence-corrected chi connectivity index (χ2v) is 15.9. The standard InChI is InChI=1S/C19H32N4O12S3.CH4O3S/c1-36(28,29)34-11-9-21(10-12-35-37(2,30)31)18-4-3-16(23(26)27)13-19(18)38(32,33)22-7-5-20(6-8-22)14-17(25)15-24;1-5(2,3)4/h3-4,13,17,24-25H,5-12,14-15H2,1-2H3;1H3,(H,2,3,4). The van der Waals surface area contributed by atoms with Gasteiger partial charge in [-0.2, -0.15) is 29.6 Å². The lowest BCUT2D eigenvalue weighted by Gasteiger charge is -2.35. The predicted octanol–water partition coefficient (Wildman–Crippen LogP) is -2.48. The minimum atomic E-state index is -4.33. The van der Waals surface area contributed by atoms with E-state index in [4.69, 9.17) is 18.0 Å². The van der Waals surface area contributed by atoms with E-state index in [2.05, 4.69) is 0 Å². The first kappa shape index (κ1) is 39.0. The van der Waals surface area contributed by atoms with Crippen molar-refractivity contribution in [3.8, 4) is 0 Å². The summed E-state index contributed by atoms with van der Waals surface area (Å²) in [6, 6.07) is 3.14. The average Bonchev–Trinajstić information content (AvgIpc) is 2.85. The molecule has 1 saturated heterocycles. The number of aliphatic hydroxyl groups is 2. The van der Waals surface area contributed by atoms with Crippen molar-refractivity contribution in [2.24, 2.45) is 0 Å². The van der Waals surface area contributed by atoms with Crippen LogP contribution < -0.4 is 4.90 Å². The molecule has 0 bridgehead atoms. The molecule has 0 aromatic heterocycles. The average molecular weight is 701 g/mol. The highest BCUT2D eigenvalue weighted by molar-refractivity contribution is 7.89. The second-order valence-electron chi connectivity index (χ2n) is 9.22. The van der Waals surface area contributed by atoms with Crippen molar-refractivity contribution < 1.29 is 61.7 Å². The zero-order valence-corrected chi connectivity index (χ0v) is 26.8. The Morgan fingerprint density at radius 1 is 0.930 bits per heavy atom. The monoisotopic (exact) mass is 700 g/mol. The molecule has 1 heterocycles. The van der Waals surface area contributed by atoms with Gasteiger partial charge in [0.05, 0.1) is 55.3 Å². The van der Waals surface area contributed by atoms with Crippen LogP contribution in [-0.2, 0) is 48.7 Å². The van der Waals surface area contributed by atoms with Gasteiger partial charge < -0.3 is 15.1 Å². The minimum Gasteiger partial charge on any atom is -0.394 e. The van der Waals surface area contributed by atoms with Crippen LogP contribution >= 0.6 is 0 Å². The molecule has 0 saturated carbocycles. The van der Waals surface area contributed by atoms with Crippen LogP contribution in [0.1, 0.15) is 0 Å². The third kappa shape index (κ3) is 15.5. The Balaban J connectivity index is 0.00000170. The van der Waals surface area contributed by atoms with E-state index in [1.165, 1.54) is 11.0 Å². The number of nitrogens with zero attached hydrogens (tertiary/aromatic N) is 4. The summed E-state index contributed by atoms with van der Waals surface area (Å²) >= 11 is 0. The molecule has 19 nitrogen and oxygen atoms in total. The fourth-order valence-corrected chi connectivity index (χ4v) is 6.09. The highest BCUT2D eigenvalue weighted by atomic mass is 32.2. The van der Waals surface area contributed by atoms with Crippen LogP contribution in [0.15, 0.2) is 23.1 Å². The van der Waals surface area contributed by atoms with E-state index in [-0.39, 0.29) is 51.5 Å². The number of nitro groups is 1. The van der Waals surface area contributed by atoms with E-state index in [0.29, 0.717) is 6.26 Å². The number of hydrogen-bond acceptors (Lipinski definition) is 16. The van der Waals surface area contributed by atoms with Crippen LogP contribution in [0.3, 0.4) is 0 Å². The summed E-state index contributed by atoms with van der Waals surface area (Å²) in [5, 5.41) is 30.1. The Morgan fingerprint density at radius 3 is 1.79 bits per heavy atom. The molecule has 3 N–H and O–H groups in total. The second kappa shape index (κ2) is 16.3. The normalized spacial score (nSPS) is 16.2. The number of piperazine rings is 1. The molecule has 0 spiro atoms. The molecule has 1 unspecified atom stereocenters. The van der Waals surface area contributed by atoms with E-state index in [9.17, 15) is 48.9 Å². The van der Waals surface area contributed by atoms with Crippen molar-refractivity contribution in [1.82, 2.24) is 9.21 Å². The third-order valence-corrected chi connectivity index (χ3v) is 8.56. The number of sulfonamides is 1. The number of non-ortho nitro benzene ring substituents is 1. The Hall–Kier alpha value is -2.06. The summed E-state index contributed by atoms with van der Waals surface area (Å²) in [6.45, 7) is -1.11. The molecular formula is C20H36N4O15S4. The molecule has 2 rings (SSSR count). The van der Waals surface area contributed by atoms with Gasteiger partial charge in [0.15, 0.2) is 0 Å². The number of nitro benzene ring substituents is 1. The van der Waals surface area contributed by atoms with Gasteiger partial charge in [-0.15, -0.1) is 0 Å². The fraction of sp³-hybridized carbons (Fsp3) is 0.700. The molecule has 1 aromatic carbocycles. The molecule has 43 heavy (non-hydrogen) atoms. The molecule has 1 aromatic rings. The Bertz CT molecular complexity index is 1460. The molecule has 1 atom stereocenters. The largest absolute Gasteiger partial charge is 0.394 e. The summed E-state index contributed by atoms with van der Waals surface area (Å²) in [7, 11) is -15.7. The molecule has 1 fully saturated rings. The predicted molar refractivity (Wildman–Crippen MR) is 153 cm³/mol. The fourth-order valence-electron chi connectivity index (χ4n) is 3.68. The van der Waals surface area contributed by atoms with Crippen molar-refractivity contribution in [3.63, 3.8) is 0 Å². The molecule has 0 aliphatic carbocycles. The molecule has 0 radical (unpaired) electrons. The number of rotatable bonds is 15. The topological polar surface area (TPSA) is 269 Å². The molecular weight excluding hydrogens is 665 g/mol. The summed E-state index contributed by atoms with van der Waals surface area (Å²) in [5.74, 6) is 0. The minimum absolute atomic E-state index is 0.00298. The lowest BCUT2D eigenvalue weighted by molar-refractivity contribution is -0.385. The number of β-amino-alcohol motifs (C(OH)–C–C–N with tert-alkyl or cyclic N) is 1. The van der Waals surface area contributed by atoms with Gasteiger partial charge in [-0.3, -0.25) is 27.9 Å². The smallest absolute Gasteiger partial charge is 0.270 e. The van der Waals surface area contributed by atoms with Gasteiger partial charge >= 0.3 is 0 Å². The molecule has 0 amide bonds. The van der Waals surface area contributed by atoms with Crippen LogP contribution in [0, 0.1) is 10.1 Å². The first-order valence-corrected chi connectivity index (χ1v) is 19.1. The van der Waals surface area contributed by atoms with Gasteiger partial charge in [-0.25, -0.2) is 8.42 Å². The van der Waals surface area contributed by atoms with E-state index < -0.39 is 81.8 Å². The van der Waals surface area contributed by atoms with Gasteiger partial charge in [0.1, 0.15) is 4.90 Å². The molecule has 1 aliphatic heterocycles. The Labute approximate surface area is 250 Å². The van der Waals surface area contributed by atoms with Crippen LogP contribution in [0.2, 0.25) is 0 Å². The van der Waals surface area contributed by atoms with E-state index >= 15 is 0 Å². The van der Waals surface area contributed by atoms with Gasteiger partial charge in [-0.05, 0) is 6.07 Å². The maximum Gasteiger partial charge on any atom is 0.270 e. The first-order valence-electron chi connectivity index (χ1n) is 12.2.